The Morgan fingerprint density at radius 3 is 1.93 bits per heavy atom. The third-order valence-corrected chi connectivity index (χ3v) is 6.46. The van der Waals surface area contributed by atoms with E-state index in [0.29, 0.717) is 22.5 Å². The molecule has 5 nitrogen and oxygen atoms in total. The minimum atomic E-state index is -4.05. The maximum absolute atomic E-state index is 10.7. The summed E-state index contributed by atoms with van der Waals surface area (Å²) >= 11 is 10.3. The van der Waals surface area contributed by atoms with Gasteiger partial charge >= 0.3 is 29.7 Å². The quantitative estimate of drug-likeness (QED) is 0.474. The van der Waals surface area contributed by atoms with Gasteiger partial charge in [-0.3, -0.25) is 4.55 Å². The van der Waals surface area contributed by atoms with E-state index < -0.39 is 10.1 Å². The van der Waals surface area contributed by atoms with E-state index in [9.17, 15) is 8.42 Å². The van der Waals surface area contributed by atoms with Crippen LogP contribution >= 0.6 is 17.9 Å². The van der Waals surface area contributed by atoms with Gasteiger partial charge in [-0.15, -0.1) is 11.8 Å². The number of rotatable bonds is 3. The number of thioether (sulfide) groups is 1. The summed E-state index contributed by atoms with van der Waals surface area (Å²) in [6.45, 7) is 9.91. The fourth-order valence-corrected chi connectivity index (χ4v) is 4.42. The molecule has 0 amide bonds. The third-order valence-electron chi connectivity index (χ3n) is 4.35. The summed E-state index contributed by atoms with van der Waals surface area (Å²) in [5.41, 5.74) is 1.08. The van der Waals surface area contributed by atoms with Gasteiger partial charge in [-0.05, 0) is 43.9 Å². The van der Waals surface area contributed by atoms with E-state index >= 15 is 0 Å². The Morgan fingerprint density at radius 1 is 1.14 bits per heavy atom. The Morgan fingerprint density at radius 2 is 1.57 bits per heavy atom. The van der Waals surface area contributed by atoms with Crippen LogP contribution in [-0.2, 0) is 43.2 Å². The van der Waals surface area contributed by atoms with Crippen molar-refractivity contribution in [2.75, 3.05) is 13.2 Å². The molecule has 0 bridgehead atoms. The van der Waals surface area contributed by atoms with Crippen molar-refractivity contribution in [2.45, 2.75) is 55.4 Å². The first-order chi connectivity index (χ1) is 13.1. The Kier molecular flexibility index (Phi) is 11.4. The summed E-state index contributed by atoms with van der Waals surface area (Å²) in [6, 6.07) is 6.32. The van der Waals surface area contributed by atoms with Crippen LogP contribution in [0.5, 0.6) is 0 Å². The zero-order valence-electron chi connectivity index (χ0n) is 16.3. The van der Waals surface area contributed by atoms with Gasteiger partial charge in [-0.2, -0.15) is 8.42 Å². The van der Waals surface area contributed by atoms with Gasteiger partial charge in [0.15, 0.2) is 0 Å². The zero-order valence-corrected chi connectivity index (χ0v) is 20.5. The van der Waals surface area contributed by atoms with Gasteiger partial charge in [0.2, 0.25) is 0 Å². The van der Waals surface area contributed by atoms with Crippen LogP contribution in [0.15, 0.2) is 40.7 Å². The second kappa shape index (κ2) is 12.4. The van der Waals surface area contributed by atoms with Crippen molar-refractivity contribution in [3.63, 3.8) is 0 Å². The molecule has 1 aromatic carbocycles. The van der Waals surface area contributed by atoms with Gasteiger partial charge < -0.3 is 9.47 Å². The minimum absolute atomic E-state index is 0.0513. The van der Waals surface area contributed by atoms with Crippen molar-refractivity contribution >= 4 is 51.6 Å². The van der Waals surface area contributed by atoms with Crippen molar-refractivity contribution in [3.8, 4) is 0 Å². The van der Waals surface area contributed by atoms with E-state index in [1.54, 1.807) is 12.1 Å². The van der Waals surface area contributed by atoms with Crippen LogP contribution in [0.2, 0.25) is 0 Å². The van der Waals surface area contributed by atoms with Crippen LogP contribution < -0.4 is 0 Å². The normalized spacial score (nSPS) is 21.5. The predicted octanol–water partition coefficient (Wildman–Crippen LogP) is 5.07. The van der Waals surface area contributed by atoms with Gasteiger partial charge in [0.25, 0.3) is 10.1 Å². The molecule has 0 saturated carbocycles. The van der Waals surface area contributed by atoms with E-state index in [2.05, 4.69) is 51.3 Å². The molecule has 3 atom stereocenters. The molecule has 2 aliphatic heterocycles. The molecule has 0 saturated heterocycles. The van der Waals surface area contributed by atoms with Gasteiger partial charge in [0, 0.05) is 0 Å². The van der Waals surface area contributed by atoms with Crippen molar-refractivity contribution in [1.82, 2.24) is 0 Å². The van der Waals surface area contributed by atoms with Crippen LogP contribution in [0.3, 0.4) is 0 Å². The Hall–Kier alpha value is -0.310. The van der Waals surface area contributed by atoms with E-state index in [0.717, 1.165) is 36.7 Å². The second-order valence-electron chi connectivity index (χ2n) is 6.27. The van der Waals surface area contributed by atoms with Gasteiger partial charge in [-0.25, -0.2) is 0 Å². The van der Waals surface area contributed by atoms with Gasteiger partial charge in [0.1, 0.15) is 24.7 Å². The van der Waals surface area contributed by atoms with Crippen LogP contribution in [0, 0.1) is 0 Å². The number of ether oxygens (including phenoxy) is 2. The number of hydrogen-bond acceptors (Lipinski definition) is 7. The monoisotopic (exact) mass is 481 g/mol. The molecule has 3 unspecified atom stereocenters. The predicted molar refractivity (Wildman–Crippen MR) is 122 cm³/mol. The van der Waals surface area contributed by atoms with Crippen LogP contribution in [0.25, 0.3) is 0 Å². The molecule has 2 heterocycles. The van der Waals surface area contributed by atoms with Crippen molar-refractivity contribution in [2.24, 2.45) is 0 Å². The van der Waals surface area contributed by atoms with E-state index in [1.807, 2.05) is 11.8 Å². The van der Waals surface area contributed by atoms with E-state index in [4.69, 9.17) is 14.0 Å². The fraction of sp³-hybridized carbons (Fsp3) is 0.556. The first-order valence-electron chi connectivity index (χ1n) is 8.83. The topological polar surface area (TPSA) is 72.8 Å². The molecular weight excluding hydrogens is 455 g/mol. The summed E-state index contributed by atoms with van der Waals surface area (Å²) in [5.74, 6) is 2.56. The number of hydrogen-bond donors (Lipinski definition) is 1. The van der Waals surface area contributed by atoms with Crippen molar-refractivity contribution < 1.29 is 22.4 Å². The molecular formula is C18H26O5PS4+. The molecule has 1 aromatic rings. The van der Waals surface area contributed by atoms with E-state index in [1.165, 1.54) is 12.1 Å². The van der Waals surface area contributed by atoms with Crippen LogP contribution in [0.1, 0.15) is 45.6 Å². The SMILES string of the molecule is CC1SC(C)C2=C1OCCO2.CCC(C)c1ccc(S(=O)(=O)O)cc1.S=[P+]=S. The molecule has 28 heavy (non-hydrogen) atoms. The molecule has 0 fully saturated rings. The molecule has 0 aliphatic carbocycles. The molecule has 3 rings (SSSR count). The van der Waals surface area contributed by atoms with Gasteiger partial charge in [0.05, 0.1) is 15.4 Å². The summed E-state index contributed by atoms with van der Waals surface area (Å²) in [4.78, 5) is -0.0513. The molecule has 1 N–H and O–H groups in total. The summed E-state index contributed by atoms with van der Waals surface area (Å²) < 4.78 is 41.3. The maximum atomic E-state index is 10.7. The first-order valence-corrected chi connectivity index (χ1v) is 14.1. The molecule has 0 spiro atoms. The molecule has 156 valence electrons. The summed E-state index contributed by atoms with van der Waals surface area (Å²) in [7, 11) is -4.05. The standard InChI is InChI=1S/C10H14O3S.C8H12O2S.PS2/c1-3-8(2)9-4-6-10(7-5-9)14(11,12)13;1-5-7-8(6(2)11-5)10-4-3-9-7;2-1-3/h4-8H,3H2,1-2H3,(H,11,12,13);5-6H,3-4H2,1-2H3;/q;;+1. The second-order valence-corrected chi connectivity index (χ2v) is 11.3. The Balaban J connectivity index is 0.000000250. The van der Waals surface area contributed by atoms with Gasteiger partial charge in [-0.1, -0.05) is 26.0 Å². The summed E-state index contributed by atoms with van der Waals surface area (Å²) in [5, 5.41) is 0.973. The van der Waals surface area contributed by atoms with E-state index in [-0.39, 0.29) is 4.90 Å². The third kappa shape index (κ3) is 7.84. The van der Waals surface area contributed by atoms with Crippen molar-refractivity contribution in [3.05, 3.63) is 41.3 Å². The first kappa shape index (κ1) is 25.7. The average Bonchev–Trinajstić information content (AvgIpc) is 2.96. The molecule has 10 heteroatoms. The Bertz CT molecular complexity index is 782. The fourth-order valence-electron chi connectivity index (χ4n) is 2.71. The number of benzene rings is 1. The average molecular weight is 482 g/mol. The van der Waals surface area contributed by atoms with Crippen LogP contribution in [0.4, 0.5) is 0 Å². The molecule has 0 radical (unpaired) electrons. The molecule has 2 aliphatic rings. The van der Waals surface area contributed by atoms with Crippen molar-refractivity contribution in [1.29, 1.82) is 0 Å². The summed E-state index contributed by atoms with van der Waals surface area (Å²) in [6.07, 6.45) is 1.59. The van der Waals surface area contributed by atoms with Crippen LogP contribution in [-0.4, -0.2) is 36.7 Å². The zero-order chi connectivity index (χ0) is 21.3. The Labute approximate surface area is 183 Å². The molecule has 0 aromatic heterocycles.